The molecule has 1 N–H and O–H groups in total. The Morgan fingerprint density at radius 1 is 1.64 bits per heavy atom. The van der Waals surface area contributed by atoms with Crippen molar-refractivity contribution in [2.24, 2.45) is 0 Å². The number of carboxylic acids is 1. The minimum Gasteiger partial charge on any atom is -0.478 e. The van der Waals surface area contributed by atoms with Crippen molar-refractivity contribution in [2.75, 3.05) is 5.75 Å². The number of rotatable bonds is 4. The van der Waals surface area contributed by atoms with Crippen molar-refractivity contribution in [1.29, 1.82) is 0 Å². The van der Waals surface area contributed by atoms with Gasteiger partial charge in [-0.3, -0.25) is 0 Å². The van der Waals surface area contributed by atoms with Crippen molar-refractivity contribution in [1.82, 2.24) is 10.2 Å². The van der Waals surface area contributed by atoms with Gasteiger partial charge in [0, 0.05) is 18.2 Å². The molecule has 14 heavy (non-hydrogen) atoms. The van der Waals surface area contributed by atoms with Gasteiger partial charge in [-0.25, -0.2) is 4.79 Å². The smallest absolute Gasteiger partial charge is 0.330 e. The van der Waals surface area contributed by atoms with E-state index in [1.165, 1.54) is 11.8 Å². The number of hydrogen-bond donors (Lipinski definition) is 1. The second kappa shape index (κ2) is 4.80. The van der Waals surface area contributed by atoms with Gasteiger partial charge in [0.25, 0.3) is 5.22 Å². The first-order valence-electron chi connectivity index (χ1n) is 3.92. The van der Waals surface area contributed by atoms with Crippen LogP contribution in [-0.4, -0.2) is 27.0 Å². The van der Waals surface area contributed by atoms with Crippen molar-refractivity contribution in [3.63, 3.8) is 0 Å². The van der Waals surface area contributed by atoms with Gasteiger partial charge in [-0.15, -0.1) is 10.2 Å². The fourth-order valence-electron chi connectivity index (χ4n) is 0.662. The van der Waals surface area contributed by atoms with Gasteiger partial charge in [0.2, 0.25) is 5.89 Å². The third kappa shape index (κ3) is 3.21. The number of aromatic nitrogens is 2. The number of hydrogen-bond acceptors (Lipinski definition) is 5. The van der Waals surface area contributed by atoms with E-state index in [0.717, 1.165) is 0 Å². The third-order valence-electron chi connectivity index (χ3n) is 1.44. The Kier molecular flexibility index (Phi) is 3.70. The van der Waals surface area contributed by atoms with E-state index >= 15 is 0 Å². The quantitative estimate of drug-likeness (QED) is 0.604. The van der Waals surface area contributed by atoms with Gasteiger partial charge in [-0.1, -0.05) is 17.8 Å². The van der Waals surface area contributed by atoms with Crippen molar-refractivity contribution in [2.45, 2.75) is 19.1 Å². The molecule has 0 radical (unpaired) electrons. The summed E-state index contributed by atoms with van der Waals surface area (Å²) in [6.07, 6.45) is 1.60. The molecule has 0 saturated heterocycles. The lowest BCUT2D eigenvalue weighted by Crippen LogP contribution is -1.96. The summed E-state index contributed by atoms with van der Waals surface area (Å²) in [7, 11) is 0. The van der Waals surface area contributed by atoms with Crippen LogP contribution in [-0.2, 0) is 4.79 Å². The second-order valence-corrected chi connectivity index (χ2v) is 3.56. The van der Waals surface area contributed by atoms with Crippen molar-refractivity contribution < 1.29 is 14.3 Å². The third-order valence-corrected chi connectivity index (χ3v) is 2.19. The molecule has 0 atom stereocenters. The molecule has 0 aliphatic heterocycles. The monoisotopic (exact) mass is 214 g/mol. The molecule has 0 fully saturated rings. The minimum atomic E-state index is -0.910. The summed E-state index contributed by atoms with van der Waals surface area (Å²) < 4.78 is 5.09. The zero-order chi connectivity index (χ0) is 10.6. The Morgan fingerprint density at radius 2 is 2.36 bits per heavy atom. The summed E-state index contributed by atoms with van der Waals surface area (Å²) in [5.74, 6) is 0.110. The highest BCUT2D eigenvalue weighted by atomic mass is 32.2. The average molecular weight is 214 g/mol. The molecule has 0 aliphatic carbocycles. The molecule has 1 aromatic rings. The molecule has 1 aromatic heterocycles. The fourth-order valence-corrected chi connectivity index (χ4v) is 1.42. The molecule has 5 nitrogen and oxygen atoms in total. The van der Waals surface area contributed by atoms with E-state index in [9.17, 15) is 4.79 Å². The topological polar surface area (TPSA) is 76.2 Å². The minimum absolute atomic E-state index is 0.314. The fraction of sp³-hybridized carbons (Fsp3) is 0.375. The summed E-state index contributed by atoms with van der Waals surface area (Å²) in [5.41, 5.74) is 0.314. The van der Waals surface area contributed by atoms with E-state index in [-0.39, 0.29) is 0 Å². The Balaban J connectivity index is 2.42. The van der Waals surface area contributed by atoms with E-state index in [2.05, 4.69) is 10.2 Å². The Morgan fingerprint density at radius 3 is 2.86 bits per heavy atom. The summed E-state index contributed by atoms with van der Waals surface area (Å²) >= 11 is 1.31. The predicted octanol–water partition coefficient (Wildman–Crippen LogP) is 1.50. The van der Waals surface area contributed by atoms with Crippen molar-refractivity contribution in [3.05, 3.63) is 17.5 Å². The lowest BCUT2D eigenvalue weighted by atomic mass is 10.3. The van der Waals surface area contributed by atoms with Gasteiger partial charge in [0.1, 0.15) is 0 Å². The Labute approximate surface area is 85.2 Å². The summed E-state index contributed by atoms with van der Waals surface area (Å²) in [6.45, 7) is 3.25. The number of aliphatic carboxylic acids is 1. The SMILES string of the molecule is CC(=CCSc1nnc(C)o1)C(=O)O. The molecule has 0 amide bonds. The lowest BCUT2D eigenvalue weighted by molar-refractivity contribution is -0.132. The van der Waals surface area contributed by atoms with Crippen LogP contribution in [0.5, 0.6) is 0 Å². The maximum absolute atomic E-state index is 10.4. The van der Waals surface area contributed by atoms with Crippen molar-refractivity contribution in [3.8, 4) is 0 Å². The van der Waals surface area contributed by atoms with Crippen LogP contribution in [0.3, 0.4) is 0 Å². The molecular formula is C8H10N2O3S. The molecule has 0 saturated carbocycles. The number of carbonyl (C=O) groups is 1. The number of thioether (sulfide) groups is 1. The van der Waals surface area contributed by atoms with Crippen molar-refractivity contribution >= 4 is 17.7 Å². The molecule has 0 bridgehead atoms. The van der Waals surface area contributed by atoms with E-state index < -0.39 is 5.97 Å². The molecule has 6 heteroatoms. The molecule has 0 unspecified atom stereocenters. The number of aryl methyl sites for hydroxylation is 1. The summed E-state index contributed by atoms with van der Waals surface area (Å²) in [4.78, 5) is 10.4. The highest BCUT2D eigenvalue weighted by Crippen LogP contribution is 2.15. The lowest BCUT2D eigenvalue weighted by Gasteiger charge is -1.91. The maximum atomic E-state index is 10.4. The van der Waals surface area contributed by atoms with Crippen LogP contribution in [0.1, 0.15) is 12.8 Å². The van der Waals surface area contributed by atoms with Crippen LogP contribution in [0.15, 0.2) is 21.3 Å². The molecule has 0 aliphatic rings. The van der Waals surface area contributed by atoms with Crippen LogP contribution in [0.4, 0.5) is 0 Å². The van der Waals surface area contributed by atoms with E-state index in [4.69, 9.17) is 9.52 Å². The zero-order valence-electron chi connectivity index (χ0n) is 7.85. The van der Waals surface area contributed by atoms with Gasteiger partial charge < -0.3 is 9.52 Å². The van der Waals surface area contributed by atoms with Gasteiger partial charge in [-0.2, -0.15) is 0 Å². The van der Waals surface area contributed by atoms with Crippen LogP contribution in [0.25, 0.3) is 0 Å². The first kappa shape index (κ1) is 10.8. The van der Waals surface area contributed by atoms with Crippen LogP contribution < -0.4 is 0 Å². The second-order valence-electron chi connectivity index (χ2n) is 2.59. The van der Waals surface area contributed by atoms with Crippen LogP contribution in [0.2, 0.25) is 0 Å². The largest absolute Gasteiger partial charge is 0.478 e. The molecule has 0 aromatic carbocycles. The number of nitrogens with zero attached hydrogens (tertiary/aromatic N) is 2. The Hall–Kier alpha value is -1.30. The standard InChI is InChI=1S/C8H10N2O3S/c1-5(7(11)12)3-4-14-8-10-9-6(2)13-8/h3H,4H2,1-2H3,(H,11,12). The summed E-state index contributed by atoms with van der Waals surface area (Å²) in [6, 6.07) is 0. The molecule has 1 heterocycles. The maximum Gasteiger partial charge on any atom is 0.330 e. The average Bonchev–Trinajstić information content (AvgIpc) is 2.51. The predicted molar refractivity (Wildman–Crippen MR) is 51.2 cm³/mol. The first-order valence-corrected chi connectivity index (χ1v) is 4.91. The zero-order valence-corrected chi connectivity index (χ0v) is 8.67. The van der Waals surface area contributed by atoms with Crippen LogP contribution in [0, 0.1) is 6.92 Å². The van der Waals surface area contributed by atoms with Gasteiger partial charge in [0.05, 0.1) is 0 Å². The van der Waals surface area contributed by atoms with E-state index in [1.54, 1.807) is 19.9 Å². The first-order chi connectivity index (χ1) is 6.59. The molecule has 76 valence electrons. The van der Waals surface area contributed by atoms with E-state index in [0.29, 0.717) is 22.4 Å². The van der Waals surface area contributed by atoms with Gasteiger partial charge >= 0.3 is 5.97 Å². The number of carboxylic acid groups (broad SMARTS) is 1. The van der Waals surface area contributed by atoms with E-state index in [1.807, 2.05) is 0 Å². The summed E-state index contributed by atoms with van der Waals surface area (Å²) in [5, 5.41) is 16.4. The molecule has 1 rings (SSSR count). The van der Waals surface area contributed by atoms with Crippen LogP contribution >= 0.6 is 11.8 Å². The Bertz CT molecular complexity index is 359. The van der Waals surface area contributed by atoms with Gasteiger partial charge in [-0.05, 0) is 6.92 Å². The normalized spacial score (nSPS) is 11.7. The highest BCUT2D eigenvalue weighted by molar-refractivity contribution is 7.99. The van der Waals surface area contributed by atoms with Gasteiger partial charge in [0.15, 0.2) is 0 Å². The molecule has 0 spiro atoms. The molecular weight excluding hydrogens is 204 g/mol. The highest BCUT2D eigenvalue weighted by Gasteiger charge is 2.02.